The van der Waals surface area contributed by atoms with E-state index in [0.717, 1.165) is 27.2 Å². The zero-order valence-corrected chi connectivity index (χ0v) is 15.3. The van der Waals surface area contributed by atoms with Crippen LogP contribution >= 0.6 is 0 Å². The first-order chi connectivity index (χ1) is 12.5. The number of para-hydroxylation sites is 1. The Bertz CT molecular complexity index is 1180. The fraction of sp³-hybridized carbons (Fsp3) is 0.143. The molecular formula is C21H20N2O2S. The minimum atomic E-state index is -3.57. The second kappa shape index (κ2) is 6.59. The molecule has 0 aliphatic heterocycles. The van der Waals surface area contributed by atoms with E-state index in [1.54, 1.807) is 12.1 Å². The van der Waals surface area contributed by atoms with Crippen molar-refractivity contribution in [2.24, 2.45) is 0 Å². The molecule has 0 bridgehead atoms. The highest BCUT2D eigenvalue weighted by molar-refractivity contribution is 7.89. The Morgan fingerprint density at radius 3 is 2.54 bits per heavy atom. The summed E-state index contributed by atoms with van der Waals surface area (Å²) in [6.07, 6.45) is 2.57. The van der Waals surface area contributed by atoms with E-state index in [2.05, 4.69) is 9.71 Å². The molecule has 0 saturated heterocycles. The molecule has 0 radical (unpaired) electrons. The summed E-state index contributed by atoms with van der Waals surface area (Å²) in [7, 11) is -3.57. The molecule has 1 atom stereocenters. The van der Waals surface area contributed by atoms with E-state index in [-0.39, 0.29) is 6.04 Å². The first kappa shape index (κ1) is 16.8. The number of hydrogen-bond donors (Lipinski definition) is 2. The Balaban J connectivity index is 1.56. The van der Waals surface area contributed by atoms with E-state index >= 15 is 0 Å². The van der Waals surface area contributed by atoms with E-state index in [1.165, 1.54) is 0 Å². The van der Waals surface area contributed by atoms with Gasteiger partial charge in [0.1, 0.15) is 0 Å². The third-order valence-corrected chi connectivity index (χ3v) is 6.18. The van der Waals surface area contributed by atoms with Gasteiger partial charge in [0.15, 0.2) is 0 Å². The summed E-state index contributed by atoms with van der Waals surface area (Å²) in [6, 6.07) is 20.8. The van der Waals surface area contributed by atoms with E-state index in [9.17, 15) is 8.42 Å². The molecule has 1 heterocycles. The molecule has 0 fully saturated rings. The molecule has 1 aromatic heterocycles. The van der Waals surface area contributed by atoms with Gasteiger partial charge in [0.25, 0.3) is 0 Å². The summed E-state index contributed by atoms with van der Waals surface area (Å²) in [6.45, 7) is 1.89. The Labute approximate surface area is 152 Å². The van der Waals surface area contributed by atoms with Gasteiger partial charge in [-0.2, -0.15) is 0 Å². The van der Waals surface area contributed by atoms with E-state index < -0.39 is 10.0 Å². The zero-order valence-electron chi connectivity index (χ0n) is 14.4. The molecule has 4 aromatic rings. The third-order valence-electron chi connectivity index (χ3n) is 4.59. The molecule has 0 saturated carbocycles. The Morgan fingerprint density at radius 1 is 0.962 bits per heavy atom. The van der Waals surface area contributed by atoms with Crippen LogP contribution in [0.4, 0.5) is 0 Å². The second-order valence-corrected chi connectivity index (χ2v) is 8.31. The molecule has 3 aromatic carbocycles. The quantitative estimate of drug-likeness (QED) is 0.557. The van der Waals surface area contributed by atoms with Crippen LogP contribution in [0, 0.1) is 0 Å². The molecule has 0 aliphatic rings. The van der Waals surface area contributed by atoms with Gasteiger partial charge in [-0.25, -0.2) is 13.1 Å². The molecule has 4 nitrogen and oxygen atoms in total. The van der Waals surface area contributed by atoms with Gasteiger partial charge in [-0.05, 0) is 47.9 Å². The predicted octanol–water partition coefficient (Wildman–Crippen LogP) is 4.23. The average Bonchev–Trinajstić information content (AvgIpc) is 3.04. The standard InChI is InChI=1S/C21H20N2O2S/c1-15(12-18-14-22-21-9-5-4-8-20(18)21)23-26(24,25)19-11-10-16-6-2-3-7-17(16)13-19/h2-11,13-15,22-23H,12H2,1H3. The zero-order chi connectivity index (χ0) is 18.1. The van der Waals surface area contributed by atoms with Crippen LogP contribution in [0.25, 0.3) is 21.7 Å². The van der Waals surface area contributed by atoms with Crippen molar-refractivity contribution < 1.29 is 8.42 Å². The first-order valence-corrected chi connectivity index (χ1v) is 10.1. The lowest BCUT2D eigenvalue weighted by Crippen LogP contribution is -2.34. The minimum Gasteiger partial charge on any atom is -0.361 e. The maximum atomic E-state index is 12.8. The van der Waals surface area contributed by atoms with Crippen molar-refractivity contribution in [2.45, 2.75) is 24.3 Å². The second-order valence-electron chi connectivity index (χ2n) is 6.59. The van der Waals surface area contributed by atoms with Crippen molar-refractivity contribution in [3.05, 3.63) is 78.5 Å². The normalized spacial score (nSPS) is 13.3. The van der Waals surface area contributed by atoms with Crippen LogP contribution in [0.3, 0.4) is 0 Å². The van der Waals surface area contributed by atoms with Gasteiger partial charge in [0, 0.05) is 23.1 Å². The highest BCUT2D eigenvalue weighted by Crippen LogP contribution is 2.21. The molecule has 5 heteroatoms. The molecule has 0 spiro atoms. The van der Waals surface area contributed by atoms with Gasteiger partial charge < -0.3 is 4.98 Å². The first-order valence-electron chi connectivity index (χ1n) is 8.59. The lowest BCUT2D eigenvalue weighted by Gasteiger charge is -2.14. The Morgan fingerprint density at radius 2 is 1.69 bits per heavy atom. The van der Waals surface area contributed by atoms with Crippen molar-refractivity contribution in [1.82, 2.24) is 9.71 Å². The summed E-state index contributed by atoms with van der Waals surface area (Å²) in [5.41, 5.74) is 2.17. The topological polar surface area (TPSA) is 62.0 Å². The van der Waals surface area contributed by atoms with Crippen LogP contribution in [0.2, 0.25) is 0 Å². The van der Waals surface area contributed by atoms with Crippen LogP contribution in [0.5, 0.6) is 0 Å². The van der Waals surface area contributed by atoms with Gasteiger partial charge in [-0.3, -0.25) is 0 Å². The number of hydrogen-bond acceptors (Lipinski definition) is 2. The van der Waals surface area contributed by atoms with Crippen molar-refractivity contribution in [1.29, 1.82) is 0 Å². The molecule has 132 valence electrons. The predicted molar refractivity (Wildman–Crippen MR) is 106 cm³/mol. The molecule has 0 aliphatic carbocycles. The molecule has 2 N–H and O–H groups in total. The van der Waals surface area contributed by atoms with Crippen LogP contribution in [-0.2, 0) is 16.4 Å². The number of nitrogens with one attached hydrogen (secondary N) is 2. The summed E-state index contributed by atoms with van der Waals surface area (Å²) >= 11 is 0. The number of sulfonamides is 1. The number of benzene rings is 3. The van der Waals surface area contributed by atoms with Gasteiger partial charge in [-0.15, -0.1) is 0 Å². The summed E-state index contributed by atoms with van der Waals surface area (Å²) in [5, 5.41) is 3.07. The highest BCUT2D eigenvalue weighted by Gasteiger charge is 2.18. The SMILES string of the molecule is CC(Cc1c[nH]c2ccccc12)NS(=O)(=O)c1ccc2ccccc2c1. The van der Waals surface area contributed by atoms with E-state index in [4.69, 9.17) is 0 Å². The van der Waals surface area contributed by atoms with E-state index in [0.29, 0.717) is 11.3 Å². The lowest BCUT2D eigenvalue weighted by molar-refractivity contribution is 0.560. The Hall–Kier alpha value is -2.63. The largest absolute Gasteiger partial charge is 0.361 e. The van der Waals surface area contributed by atoms with E-state index in [1.807, 2.05) is 67.7 Å². The van der Waals surface area contributed by atoms with Crippen molar-refractivity contribution in [3.8, 4) is 0 Å². The Kier molecular flexibility index (Phi) is 4.26. The van der Waals surface area contributed by atoms with Crippen molar-refractivity contribution in [3.63, 3.8) is 0 Å². The summed E-state index contributed by atoms with van der Waals surface area (Å²) in [5.74, 6) is 0. The molecular weight excluding hydrogens is 344 g/mol. The van der Waals surface area contributed by atoms with Crippen LogP contribution in [-0.4, -0.2) is 19.4 Å². The molecule has 4 rings (SSSR count). The number of aromatic amines is 1. The fourth-order valence-electron chi connectivity index (χ4n) is 3.34. The summed E-state index contributed by atoms with van der Waals surface area (Å²) < 4.78 is 28.3. The molecule has 0 amide bonds. The van der Waals surface area contributed by atoms with Crippen molar-refractivity contribution in [2.75, 3.05) is 0 Å². The van der Waals surface area contributed by atoms with Crippen LogP contribution in [0.15, 0.2) is 77.8 Å². The number of aromatic nitrogens is 1. The highest BCUT2D eigenvalue weighted by atomic mass is 32.2. The summed E-state index contributed by atoms with van der Waals surface area (Å²) in [4.78, 5) is 3.52. The van der Waals surface area contributed by atoms with Gasteiger partial charge in [-0.1, -0.05) is 48.5 Å². The monoisotopic (exact) mass is 364 g/mol. The number of H-pyrrole nitrogens is 1. The van der Waals surface area contributed by atoms with Gasteiger partial charge >= 0.3 is 0 Å². The van der Waals surface area contributed by atoms with Gasteiger partial charge in [0.2, 0.25) is 10.0 Å². The van der Waals surface area contributed by atoms with Gasteiger partial charge in [0.05, 0.1) is 4.90 Å². The number of rotatable bonds is 5. The van der Waals surface area contributed by atoms with Crippen molar-refractivity contribution >= 4 is 31.7 Å². The molecule has 26 heavy (non-hydrogen) atoms. The lowest BCUT2D eigenvalue weighted by atomic mass is 10.1. The average molecular weight is 364 g/mol. The van der Waals surface area contributed by atoms with Crippen LogP contribution < -0.4 is 4.72 Å². The maximum absolute atomic E-state index is 12.8. The smallest absolute Gasteiger partial charge is 0.240 e. The maximum Gasteiger partial charge on any atom is 0.240 e. The molecule has 1 unspecified atom stereocenters. The number of fused-ring (bicyclic) bond motifs is 2. The fourth-order valence-corrected chi connectivity index (χ4v) is 4.62. The van der Waals surface area contributed by atoms with Crippen LogP contribution in [0.1, 0.15) is 12.5 Å². The third kappa shape index (κ3) is 3.23. The minimum absolute atomic E-state index is 0.217.